The fourth-order valence-corrected chi connectivity index (χ4v) is 2.44. The SMILES string of the molecule is CC(C)(Oc1ccc(Cl)cc1)C(=O)OCc1ccn(-c2ccccc2)n1. The Labute approximate surface area is 157 Å². The highest BCUT2D eigenvalue weighted by Crippen LogP contribution is 2.22. The molecule has 0 amide bonds. The van der Waals surface area contributed by atoms with Gasteiger partial charge in [-0.2, -0.15) is 5.10 Å². The summed E-state index contributed by atoms with van der Waals surface area (Å²) in [6, 6.07) is 18.4. The summed E-state index contributed by atoms with van der Waals surface area (Å²) in [6.07, 6.45) is 1.83. The Morgan fingerprint density at radius 1 is 1.08 bits per heavy atom. The van der Waals surface area contributed by atoms with E-state index in [1.165, 1.54) is 0 Å². The minimum atomic E-state index is -1.13. The second-order valence-electron chi connectivity index (χ2n) is 6.23. The third-order valence-corrected chi connectivity index (χ3v) is 3.95. The Hall–Kier alpha value is -2.79. The van der Waals surface area contributed by atoms with Crippen LogP contribution in [0.3, 0.4) is 0 Å². The Bertz CT molecular complexity index is 874. The fraction of sp³-hybridized carbons (Fsp3) is 0.200. The zero-order valence-electron chi connectivity index (χ0n) is 14.6. The van der Waals surface area contributed by atoms with Gasteiger partial charge in [0.25, 0.3) is 0 Å². The van der Waals surface area contributed by atoms with Crippen LogP contribution in [0.15, 0.2) is 66.9 Å². The summed E-state index contributed by atoms with van der Waals surface area (Å²) in [4.78, 5) is 12.4. The number of nitrogens with zero attached hydrogens (tertiary/aromatic N) is 2. The van der Waals surface area contributed by atoms with Crippen molar-refractivity contribution < 1.29 is 14.3 Å². The molecular formula is C20H19ClN2O3. The first-order valence-electron chi connectivity index (χ1n) is 8.16. The largest absolute Gasteiger partial charge is 0.476 e. The second kappa shape index (κ2) is 7.62. The monoisotopic (exact) mass is 370 g/mol. The molecule has 5 nitrogen and oxygen atoms in total. The zero-order valence-corrected chi connectivity index (χ0v) is 15.3. The Balaban J connectivity index is 1.59. The summed E-state index contributed by atoms with van der Waals surface area (Å²) < 4.78 is 12.8. The molecule has 1 heterocycles. The molecule has 0 fully saturated rings. The van der Waals surface area contributed by atoms with Crippen LogP contribution in [0.25, 0.3) is 5.69 Å². The summed E-state index contributed by atoms with van der Waals surface area (Å²) in [5.74, 6) is 0.0754. The number of carbonyl (C=O) groups is 1. The molecule has 3 aromatic rings. The van der Waals surface area contributed by atoms with Gasteiger partial charge < -0.3 is 9.47 Å². The van der Waals surface area contributed by atoms with Crippen molar-refractivity contribution in [3.8, 4) is 11.4 Å². The number of para-hydroxylation sites is 1. The molecule has 0 aliphatic carbocycles. The first kappa shape index (κ1) is 18.0. The summed E-state index contributed by atoms with van der Waals surface area (Å²) in [7, 11) is 0. The van der Waals surface area contributed by atoms with Gasteiger partial charge in [-0.25, -0.2) is 9.48 Å². The molecule has 1 aromatic heterocycles. The molecule has 2 aromatic carbocycles. The van der Waals surface area contributed by atoms with Gasteiger partial charge in [0.1, 0.15) is 18.1 Å². The van der Waals surface area contributed by atoms with E-state index in [9.17, 15) is 4.79 Å². The van der Waals surface area contributed by atoms with Gasteiger partial charge in [0, 0.05) is 11.2 Å². The number of halogens is 1. The molecular weight excluding hydrogens is 352 g/mol. The molecule has 0 aliphatic heterocycles. The second-order valence-corrected chi connectivity index (χ2v) is 6.67. The van der Waals surface area contributed by atoms with E-state index in [0.717, 1.165) is 5.69 Å². The van der Waals surface area contributed by atoms with Gasteiger partial charge in [-0.3, -0.25) is 0 Å². The fourth-order valence-electron chi connectivity index (χ4n) is 2.32. The standard InChI is InChI=1S/C20H19ClN2O3/c1-20(2,26-18-10-8-15(21)9-11-18)19(24)25-14-16-12-13-23(22-16)17-6-4-3-5-7-17/h3-13H,14H2,1-2H3. The van der Waals surface area contributed by atoms with Crippen LogP contribution in [0, 0.1) is 0 Å². The summed E-state index contributed by atoms with van der Waals surface area (Å²) in [6.45, 7) is 3.39. The molecule has 0 unspecified atom stereocenters. The average molecular weight is 371 g/mol. The van der Waals surface area contributed by atoms with E-state index >= 15 is 0 Å². The highest BCUT2D eigenvalue weighted by Gasteiger charge is 2.32. The molecule has 0 aliphatic rings. The van der Waals surface area contributed by atoms with Crippen LogP contribution in [0.1, 0.15) is 19.5 Å². The topological polar surface area (TPSA) is 53.4 Å². The van der Waals surface area contributed by atoms with Crippen LogP contribution in [0.5, 0.6) is 5.75 Å². The van der Waals surface area contributed by atoms with Crippen LogP contribution >= 0.6 is 11.6 Å². The number of rotatable bonds is 6. The average Bonchev–Trinajstić information content (AvgIpc) is 3.11. The Kier molecular flexibility index (Phi) is 5.28. The van der Waals surface area contributed by atoms with Crippen LogP contribution in [0.4, 0.5) is 0 Å². The van der Waals surface area contributed by atoms with Crippen molar-refractivity contribution in [3.63, 3.8) is 0 Å². The smallest absolute Gasteiger partial charge is 0.350 e. The van der Waals surface area contributed by atoms with E-state index in [1.807, 2.05) is 42.6 Å². The number of ether oxygens (including phenoxy) is 2. The predicted octanol–water partition coefficient (Wildman–Crippen LogP) is 4.43. The summed E-state index contributed by atoms with van der Waals surface area (Å²) in [5.41, 5.74) is 0.469. The van der Waals surface area contributed by atoms with Crippen LogP contribution in [-0.2, 0) is 16.1 Å². The zero-order chi connectivity index (χ0) is 18.6. The molecule has 6 heteroatoms. The number of carbonyl (C=O) groups excluding carboxylic acids is 1. The molecule has 0 atom stereocenters. The van der Waals surface area contributed by atoms with Crippen molar-refractivity contribution in [1.29, 1.82) is 0 Å². The first-order chi connectivity index (χ1) is 12.4. The van der Waals surface area contributed by atoms with Gasteiger partial charge in [0.2, 0.25) is 0 Å². The van der Waals surface area contributed by atoms with Crippen molar-refractivity contribution >= 4 is 17.6 Å². The van der Waals surface area contributed by atoms with Crippen LogP contribution in [-0.4, -0.2) is 21.4 Å². The van der Waals surface area contributed by atoms with Gasteiger partial charge in [-0.05, 0) is 56.3 Å². The van der Waals surface area contributed by atoms with E-state index in [2.05, 4.69) is 5.10 Å². The Morgan fingerprint density at radius 2 is 1.77 bits per heavy atom. The maximum atomic E-state index is 12.4. The summed E-state index contributed by atoms with van der Waals surface area (Å²) >= 11 is 5.85. The number of hydrogen-bond acceptors (Lipinski definition) is 4. The van der Waals surface area contributed by atoms with Crippen molar-refractivity contribution in [1.82, 2.24) is 9.78 Å². The lowest BCUT2D eigenvalue weighted by atomic mass is 10.1. The third kappa shape index (κ3) is 4.43. The lowest BCUT2D eigenvalue weighted by Gasteiger charge is -2.24. The molecule has 0 spiro atoms. The van der Waals surface area contributed by atoms with E-state index in [4.69, 9.17) is 21.1 Å². The van der Waals surface area contributed by atoms with Gasteiger partial charge in [-0.15, -0.1) is 0 Å². The Morgan fingerprint density at radius 3 is 2.46 bits per heavy atom. The maximum absolute atomic E-state index is 12.4. The lowest BCUT2D eigenvalue weighted by Crippen LogP contribution is -2.39. The van der Waals surface area contributed by atoms with Crippen LogP contribution < -0.4 is 4.74 Å². The maximum Gasteiger partial charge on any atom is 0.350 e. The van der Waals surface area contributed by atoms with Crippen molar-refractivity contribution in [3.05, 3.63) is 77.6 Å². The highest BCUT2D eigenvalue weighted by molar-refractivity contribution is 6.30. The normalized spacial score (nSPS) is 11.2. The minimum absolute atomic E-state index is 0.0755. The molecule has 0 saturated carbocycles. The van der Waals surface area contributed by atoms with Crippen molar-refractivity contribution in [2.24, 2.45) is 0 Å². The quantitative estimate of drug-likeness (QED) is 0.602. The van der Waals surface area contributed by atoms with Crippen LogP contribution in [0.2, 0.25) is 5.02 Å². The minimum Gasteiger partial charge on any atom is -0.476 e. The summed E-state index contributed by atoms with van der Waals surface area (Å²) in [5, 5.41) is 5.02. The molecule has 3 rings (SSSR count). The van der Waals surface area contributed by atoms with Crippen molar-refractivity contribution in [2.45, 2.75) is 26.1 Å². The number of benzene rings is 2. The van der Waals surface area contributed by atoms with E-state index in [0.29, 0.717) is 16.5 Å². The van der Waals surface area contributed by atoms with Gasteiger partial charge in [0.15, 0.2) is 5.60 Å². The highest BCUT2D eigenvalue weighted by atomic mass is 35.5. The van der Waals surface area contributed by atoms with Gasteiger partial charge in [-0.1, -0.05) is 29.8 Å². The first-order valence-corrected chi connectivity index (χ1v) is 8.54. The molecule has 0 bridgehead atoms. The molecule has 26 heavy (non-hydrogen) atoms. The molecule has 0 saturated heterocycles. The molecule has 0 N–H and O–H groups in total. The predicted molar refractivity (Wildman–Crippen MR) is 99.5 cm³/mol. The molecule has 0 radical (unpaired) electrons. The lowest BCUT2D eigenvalue weighted by molar-refractivity contribution is -0.160. The number of aromatic nitrogens is 2. The number of hydrogen-bond donors (Lipinski definition) is 0. The van der Waals surface area contributed by atoms with Gasteiger partial charge in [0.05, 0.1) is 5.69 Å². The third-order valence-electron chi connectivity index (χ3n) is 3.69. The van der Waals surface area contributed by atoms with E-state index in [1.54, 1.807) is 42.8 Å². The van der Waals surface area contributed by atoms with E-state index < -0.39 is 11.6 Å². The van der Waals surface area contributed by atoms with Crippen molar-refractivity contribution in [2.75, 3.05) is 0 Å². The molecule has 134 valence electrons. The van der Waals surface area contributed by atoms with Gasteiger partial charge >= 0.3 is 5.97 Å². The number of esters is 1. The van der Waals surface area contributed by atoms with E-state index in [-0.39, 0.29) is 6.61 Å².